The minimum Gasteiger partial charge on any atom is -0.359 e. The lowest BCUT2D eigenvalue weighted by Crippen LogP contribution is -2.36. The van der Waals surface area contributed by atoms with E-state index < -0.39 is 0 Å². The van der Waals surface area contributed by atoms with Crippen molar-refractivity contribution in [3.8, 4) is 0 Å². The molecule has 88 valence electrons. The molecule has 1 aromatic heterocycles. The predicted molar refractivity (Wildman–Crippen MR) is 65.0 cm³/mol. The van der Waals surface area contributed by atoms with E-state index in [4.69, 9.17) is 10.4 Å². The van der Waals surface area contributed by atoms with Crippen molar-refractivity contribution in [3.63, 3.8) is 0 Å². The zero-order valence-corrected chi connectivity index (χ0v) is 9.13. The first-order chi connectivity index (χ1) is 8.38. The molecule has 0 aliphatic rings. The van der Waals surface area contributed by atoms with Crippen molar-refractivity contribution in [2.24, 2.45) is 10.8 Å². The highest BCUT2D eigenvalue weighted by Crippen LogP contribution is 2.05. The van der Waals surface area contributed by atoms with Crippen LogP contribution in [0.4, 0.5) is 5.69 Å². The Morgan fingerprint density at radius 3 is 2.76 bits per heavy atom. The average Bonchev–Trinajstić information content (AvgIpc) is 2.89. The van der Waals surface area contributed by atoms with E-state index in [1.54, 1.807) is 12.3 Å². The zero-order valence-electron chi connectivity index (χ0n) is 9.13. The quantitative estimate of drug-likeness (QED) is 0.318. The fourth-order valence-electron chi connectivity index (χ4n) is 1.26. The number of hydrogen-bond acceptors (Lipinski definition) is 4. The number of rotatable bonds is 3. The van der Waals surface area contributed by atoms with Gasteiger partial charge in [-0.2, -0.15) is 0 Å². The molecular weight excluding hydrogens is 218 g/mol. The molecule has 0 aliphatic heterocycles. The van der Waals surface area contributed by atoms with Gasteiger partial charge in [0.2, 0.25) is 5.96 Å². The molecule has 0 spiro atoms. The lowest BCUT2D eigenvalue weighted by Gasteiger charge is -2.08. The van der Waals surface area contributed by atoms with Gasteiger partial charge in [-0.3, -0.25) is 5.43 Å². The maximum absolute atomic E-state index is 5.37. The van der Waals surface area contributed by atoms with Gasteiger partial charge in [-0.25, -0.2) is 10.8 Å². The highest BCUT2D eigenvalue weighted by Gasteiger charge is 1.99. The summed E-state index contributed by atoms with van der Waals surface area (Å²) in [5.74, 6) is 6.51. The van der Waals surface area contributed by atoms with Crippen LogP contribution >= 0.6 is 0 Å². The maximum atomic E-state index is 5.37. The first-order valence-corrected chi connectivity index (χ1v) is 5.11. The number of nitrogens with zero attached hydrogens (tertiary/aromatic N) is 2. The third-order valence-corrected chi connectivity index (χ3v) is 2.06. The van der Waals surface area contributed by atoms with Crippen LogP contribution in [-0.2, 0) is 6.54 Å². The SMILES string of the molecule is NNC(=NCc1ccno1)Nc1ccccc1. The highest BCUT2D eigenvalue weighted by molar-refractivity contribution is 5.93. The molecule has 0 radical (unpaired) electrons. The Hall–Kier alpha value is -2.34. The Balaban J connectivity index is 1.99. The number of hydrazine groups is 1. The summed E-state index contributed by atoms with van der Waals surface area (Å²) in [6, 6.07) is 11.4. The number of para-hydroxylation sites is 1. The van der Waals surface area contributed by atoms with E-state index in [1.165, 1.54) is 0 Å². The summed E-state index contributed by atoms with van der Waals surface area (Å²) >= 11 is 0. The average molecular weight is 231 g/mol. The minimum absolute atomic E-state index is 0.374. The smallest absolute Gasteiger partial charge is 0.210 e. The predicted octanol–water partition coefficient (Wildman–Crippen LogP) is 1.11. The van der Waals surface area contributed by atoms with E-state index in [1.807, 2.05) is 30.3 Å². The minimum atomic E-state index is 0.374. The van der Waals surface area contributed by atoms with Gasteiger partial charge in [0, 0.05) is 11.8 Å². The molecule has 2 aromatic rings. The molecule has 1 heterocycles. The number of guanidine groups is 1. The van der Waals surface area contributed by atoms with Crippen molar-refractivity contribution in [3.05, 3.63) is 48.4 Å². The van der Waals surface area contributed by atoms with E-state index in [0.29, 0.717) is 18.3 Å². The molecular formula is C11H13N5O. The van der Waals surface area contributed by atoms with Crippen molar-refractivity contribution >= 4 is 11.6 Å². The fourth-order valence-corrected chi connectivity index (χ4v) is 1.26. The van der Waals surface area contributed by atoms with Gasteiger partial charge in [0.25, 0.3) is 0 Å². The van der Waals surface area contributed by atoms with Crippen LogP contribution in [0.5, 0.6) is 0 Å². The molecule has 0 bridgehead atoms. The molecule has 0 fully saturated rings. The van der Waals surface area contributed by atoms with E-state index in [0.717, 1.165) is 5.69 Å². The lowest BCUT2D eigenvalue weighted by atomic mass is 10.3. The van der Waals surface area contributed by atoms with Crippen LogP contribution in [0.25, 0.3) is 0 Å². The van der Waals surface area contributed by atoms with Crippen LogP contribution in [0.3, 0.4) is 0 Å². The molecule has 0 atom stereocenters. The van der Waals surface area contributed by atoms with Crippen LogP contribution in [0.2, 0.25) is 0 Å². The van der Waals surface area contributed by atoms with Crippen molar-refractivity contribution in [1.29, 1.82) is 0 Å². The van der Waals surface area contributed by atoms with Gasteiger partial charge < -0.3 is 9.84 Å². The lowest BCUT2D eigenvalue weighted by molar-refractivity contribution is 0.385. The molecule has 6 heteroatoms. The van der Waals surface area contributed by atoms with Crippen LogP contribution < -0.4 is 16.6 Å². The van der Waals surface area contributed by atoms with Crippen molar-refractivity contribution in [2.45, 2.75) is 6.54 Å². The third kappa shape index (κ3) is 3.32. The monoisotopic (exact) mass is 231 g/mol. The zero-order chi connectivity index (χ0) is 11.9. The van der Waals surface area contributed by atoms with Gasteiger partial charge in [0.05, 0.1) is 6.20 Å². The Morgan fingerprint density at radius 2 is 2.12 bits per heavy atom. The topological polar surface area (TPSA) is 88.5 Å². The van der Waals surface area contributed by atoms with Crippen LogP contribution in [0.15, 0.2) is 52.1 Å². The molecule has 1 aromatic carbocycles. The normalized spacial score (nSPS) is 11.2. The van der Waals surface area contributed by atoms with Gasteiger partial charge in [0.1, 0.15) is 6.54 Å². The second-order valence-electron chi connectivity index (χ2n) is 3.28. The number of hydrogen-bond donors (Lipinski definition) is 3. The number of aromatic nitrogens is 1. The van der Waals surface area contributed by atoms with Gasteiger partial charge in [-0.05, 0) is 12.1 Å². The third-order valence-electron chi connectivity index (χ3n) is 2.06. The van der Waals surface area contributed by atoms with E-state index in [-0.39, 0.29) is 0 Å². The summed E-state index contributed by atoms with van der Waals surface area (Å²) in [7, 11) is 0. The van der Waals surface area contributed by atoms with Crippen LogP contribution in [-0.4, -0.2) is 11.1 Å². The summed E-state index contributed by atoms with van der Waals surface area (Å²) in [4.78, 5) is 4.22. The van der Waals surface area contributed by atoms with E-state index >= 15 is 0 Å². The molecule has 0 amide bonds. The largest absolute Gasteiger partial charge is 0.359 e. The molecule has 0 unspecified atom stereocenters. The molecule has 2 rings (SSSR count). The second-order valence-corrected chi connectivity index (χ2v) is 3.28. The number of benzene rings is 1. The highest BCUT2D eigenvalue weighted by atomic mass is 16.5. The summed E-state index contributed by atoms with van der Waals surface area (Å²) in [6.45, 7) is 0.374. The second kappa shape index (κ2) is 5.66. The molecule has 6 nitrogen and oxygen atoms in total. The number of aliphatic imine (C=N–C) groups is 1. The Labute approximate surface area is 98.5 Å². The fraction of sp³-hybridized carbons (Fsp3) is 0.0909. The van der Waals surface area contributed by atoms with Gasteiger partial charge in [-0.1, -0.05) is 23.4 Å². The summed E-state index contributed by atoms with van der Waals surface area (Å²) in [5.41, 5.74) is 3.39. The van der Waals surface area contributed by atoms with Gasteiger partial charge >= 0.3 is 0 Å². The summed E-state index contributed by atoms with van der Waals surface area (Å²) < 4.78 is 4.93. The summed E-state index contributed by atoms with van der Waals surface area (Å²) in [6.07, 6.45) is 1.57. The Kier molecular flexibility index (Phi) is 3.72. The number of nitrogens with two attached hydrogens (primary N) is 1. The first-order valence-electron chi connectivity index (χ1n) is 5.11. The van der Waals surface area contributed by atoms with Crippen molar-refractivity contribution in [1.82, 2.24) is 10.6 Å². The summed E-state index contributed by atoms with van der Waals surface area (Å²) in [5, 5.41) is 6.64. The Morgan fingerprint density at radius 1 is 1.29 bits per heavy atom. The maximum Gasteiger partial charge on any atom is 0.210 e. The molecule has 4 N–H and O–H groups in total. The van der Waals surface area contributed by atoms with Crippen molar-refractivity contribution < 1.29 is 4.52 Å². The molecule has 0 saturated heterocycles. The van der Waals surface area contributed by atoms with Crippen LogP contribution in [0.1, 0.15) is 5.76 Å². The number of nitrogens with one attached hydrogen (secondary N) is 2. The van der Waals surface area contributed by atoms with E-state index in [2.05, 4.69) is 20.9 Å². The first kappa shape index (κ1) is 11.2. The van der Waals surface area contributed by atoms with Crippen LogP contribution in [0, 0.1) is 0 Å². The van der Waals surface area contributed by atoms with Gasteiger partial charge in [-0.15, -0.1) is 0 Å². The molecule has 0 saturated carbocycles. The standard InChI is InChI=1S/C11H13N5O/c12-16-11(13-8-10-6-7-14-17-10)15-9-4-2-1-3-5-9/h1-7H,8,12H2,(H2,13,15,16). The Bertz CT molecular complexity index is 466. The van der Waals surface area contributed by atoms with Gasteiger partial charge in [0.15, 0.2) is 5.76 Å². The molecule has 0 aliphatic carbocycles. The van der Waals surface area contributed by atoms with E-state index in [9.17, 15) is 0 Å². The van der Waals surface area contributed by atoms with Crippen molar-refractivity contribution in [2.75, 3.05) is 5.32 Å². The molecule has 17 heavy (non-hydrogen) atoms. The number of anilines is 1.